The summed E-state index contributed by atoms with van der Waals surface area (Å²) in [6.07, 6.45) is 2.64. The Morgan fingerprint density at radius 3 is 2.33 bits per heavy atom. The molecule has 2 rings (SSSR count). The van der Waals surface area contributed by atoms with Crippen LogP contribution in [-0.2, 0) is 19.6 Å². The zero-order valence-corrected chi connectivity index (χ0v) is 11.4. The number of piperidine rings is 2. The molecule has 1 N–H and O–H groups in total. The van der Waals surface area contributed by atoms with Gasteiger partial charge in [-0.15, -0.1) is 0 Å². The summed E-state index contributed by atoms with van der Waals surface area (Å²) < 4.78 is 24.3. The molecule has 6 nitrogen and oxygen atoms in total. The van der Waals surface area contributed by atoms with Gasteiger partial charge in [0.05, 0.1) is 6.26 Å². The first-order valence-corrected chi connectivity index (χ1v) is 7.88. The molecule has 0 saturated carbocycles. The molecule has 2 fully saturated rings. The maximum absolute atomic E-state index is 11.7. The van der Waals surface area contributed by atoms with Crippen LogP contribution in [0.15, 0.2) is 0 Å². The molecular weight excluding hydrogens is 256 g/mol. The molecule has 0 aromatic carbocycles. The summed E-state index contributed by atoms with van der Waals surface area (Å²) in [4.78, 5) is 23.2. The SMILES string of the molecule is CC1C(=O)NC(=O)CC12CCN(S(C)(=O)=O)CC2. The monoisotopic (exact) mass is 274 g/mol. The van der Waals surface area contributed by atoms with Gasteiger partial charge < -0.3 is 0 Å². The van der Waals surface area contributed by atoms with Gasteiger partial charge in [0.1, 0.15) is 0 Å². The van der Waals surface area contributed by atoms with E-state index in [-0.39, 0.29) is 23.1 Å². The Hall–Kier alpha value is -0.950. The Kier molecular flexibility index (Phi) is 3.23. The van der Waals surface area contributed by atoms with Gasteiger partial charge in [-0.25, -0.2) is 12.7 Å². The first-order valence-electron chi connectivity index (χ1n) is 6.03. The second-order valence-electron chi connectivity index (χ2n) is 5.34. The summed E-state index contributed by atoms with van der Waals surface area (Å²) in [5, 5.41) is 2.33. The Morgan fingerprint density at radius 2 is 1.83 bits per heavy atom. The van der Waals surface area contributed by atoms with Crippen LogP contribution in [0.1, 0.15) is 26.2 Å². The van der Waals surface area contributed by atoms with Crippen molar-refractivity contribution < 1.29 is 18.0 Å². The minimum absolute atomic E-state index is 0.237. The Bertz CT molecular complexity index is 477. The van der Waals surface area contributed by atoms with E-state index in [4.69, 9.17) is 0 Å². The third kappa shape index (κ3) is 2.29. The molecular formula is C11H18N2O4S. The van der Waals surface area contributed by atoms with Gasteiger partial charge in [-0.05, 0) is 18.3 Å². The summed E-state index contributed by atoms with van der Waals surface area (Å²) in [5.41, 5.74) is -0.361. The largest absolute Gasteiger partial charge is 0.296 e. The normalized spacial score (nSPS) is 29.3. The Morgan fingerprint density at radius 1 is 1.28 bits per heavy atom. The second kappa shape index (κ2) is 4.31. The first-order chi connectivity index (χ1) is 8.24. The summed E-state index contributed by atoms with van der Waals surface area (Å²) >= 11 is 0. The van der Waals surface area contributed by atoms with E-state index in [0.717, 1.165) is 0 Å². The van der Waals surface area contributed by atoms with Crippen LogP contribution in [0.5, 0.6) is 0 Å². The molecule has 7 heteroatoms. The van der Waals surface area contributed by atoms with Crippen LogP contribution >= 0.6 is 0 Å². The van der Waals surface area contributed by atoms with Gasteiger partial charge in [0, 0.05) is 25.4 Å². The lowest BCUT2D eigenvalue weighted by atomic mass is 9.65. The molecule has 2 amide bonds. The fourth-order valence-electron chi connectivity index (χ4n) is 2.91. The van der Waals surface area contributed by atoms with E-state index in [2.05, 4.69) is 5.32 Å². The predicted octanol–water partition coefficient (Wildman–Crippen LogP) is -0.289. The first kappa shape index (κ1) is 13.5. The van der Waals surface area contributed by atoms with Crippen molar-refractivity contribution in [2.75, 3.05) is 19.3 Å². The van der Waals surface area contributed by atoms with Crippen LogP contribution in [0.3, 0.4) is 0 Å². The third-order valence-electron chi connectivity index (χ3n) is 4.27. The molecule has 0 aliphatic carbocycles. The smallest absolute Gasteiger partial charge is 0.229 e. The molecule has 1 unspecified atom stereocenters. The van der Waals surface area contributed by atoms with E-state index in [1.807, 2.05) is 6.92 Å². The van der Waals surface area contributed by atoms with Crippen molar-refractivity contribution in [1.29, 1.82) is 0 Å². The standard InChI is InChI=1S/C11H18N2O4S/c1-8-10(15)12-9(14)7-11(8)3-5-13(6-4-11)18(2,16)17/h8H,3-7H2,1-2H3,(H,12,14,15). The van der Waals surface area contributed by atoms with E-state index in [9.17, 15) is 18.0 Å². The van der Waals surface area contributed by atoms with Crippen molar-refractivity contribution in [1.82, 2.24) is 9.62 Å². The van der Waals surface area contributed by atoms with Crippen LogP contribution in [-0.4, -0.2) is 43.9 Å². The van der Waals surface area contributed by atoms with Gasteiger partial charge in [-0.1, -0.05) is 6.92 Å². The molecule has 0 aromatic heterocycles. The maximum Gasteiger partial charge on any atom is 0.229 e. The van der Waals surface area contributed by atoms with E-state index in [1.165, 1.54) is 10.6 Å². The molecule has 0 radical (unpaired) electrons. The number of hydrogen-bond donors (Lipinski definition) is 1. The highest BCUT2D eigenvalue weighted by atomic mass is 32.2. The van der Waals surface area contributed by atoms with Crippen LogP contribution < -0.4 is 5.32 Å². The van der Waals surface area contributed by atoms with Gasteiger partial charge in [0.15, 0.2) is 0 Å². The van der Waals surface area contributed by atoms with Crippen LogP contribution in [0, 0.1) is 11.3 Å². The van der Waals surface area contributed by atoms with Crippen molar-refractivity contribution in [3.63, 3.8) is 0 Å². The van der Waals surface area contributed by atoms with Gasteiger partial charge in [0.2, 0.25) is 21.8 Å². The quantitative estimate of drug-likeness (QED) is 0.666. The van der Waals surface area contributed by atoms with E-state index in [1.54, 1.807) is 0 Å². The van der Waals surface area contributed by atoms with Crippen LogP contribution in [0.4, 0.5) is 0 Å². The summed E-state index contributed by atoms with van der Waals surface area (Å²) in [6, 6.07) is 0. The van der Waals surface area contributed by atoms with E-state index >= 15 is 0 Å². The predicted molar refractivity (Wildman–Crippen MR) is 65.0 cm³/mol. The van der Waals surface area contributed by atoms with Crippen LogP contribution in [0.2, 0.25) is 0 Å². The Balaban J connectivity index is 2.16. The van der Waals surface area contributed by atoms with Crippen molar-refractivity contribution >= 4 is 21.8 Å². The molecule has 102 valence electrons. The number of carbonyl (C=O) groups is 2. The molecule has 0 aromatic rings. The number of sulfonamides is 1. The molecule has 2 aliphatic heterocycles. The number of imide groups is 1. The average molecular weight is 274 g/mol. The number of carbonyl (C=O) groups excluding carboxylic acids is 2. The highest BCUT2D eigenvalue weighted by molar-refractivity contribution is 7.88. The second-order valence-corrected chi connectivity index (χ2v) is 7.32. The van der Waals surface area contributed by atoms with Crippen molar-refractivity contribution in [3.05, 3.63) is 0 Å². The lowest BCUT2D eigenvalue weighted by Crippen LogP contribution is -2.55. The summed E-state index contributed by atoms with van der Waals surface area (Å²) in [5.74, 6) is -0.720. The fraction of sp³-hybridized carbons (Fsp3) is 0.818. The average Bonchev–Trinajstić information content (AvgIpc) is 2.25. The third-order valence-corrected chi connectivity index (χ3v) is 5.58. The highest BCUT2D eigenvalue weighted by Gasteiger charge is 2.48. The number of amides is 2. The molecule has 1 spiro atoms. The van der Waals surface area contributed by atoms with Crippen molar-refractivity contribution in [2.24, 2.45) is 11.3 Å². The van der Waals surface area contributed by atoms with Gasteiger partial charge in [-0.3, -0.25) is 14.9 Å². The molecule has 0 bridgehead atoms. The lowest BCUT2D eigenvalue weighted by Gasteiger charge is -2.46. The minimum Gasteiger partial charge on any atom is -0.296 e. The summed E-state index contributed by atoms with van der Waals surface area (Å²) in [6.45, 7) is 2.60. The number of nitrogens with zero attached hydrogens (tertiary/aromatic N) is 1. The Labute approximate surface area is 107 Å². The summed E-state index contributed by atoms with van der Waals surface area (Å²) in [7, 11) is -3.18. The molecule has 2 aliphatic rings. The van der Waals surface area contributed by atoms with Crippen molar-refractivity contribution in [3.8, 4) is 0 Å². The van der Waals surface area contributed by atoms with Gasteiger partial charge >= 0.3 is 0 Å². The lowest BCUT2D eigenvalue weighted by molar-refractivity contribution is -0.144. The van der Waals surface area contributed by atoms with E-state index in [0.29, 0.717) is 32.4 Å². The van der Waals surface area contributed by atoms with E-state index < -0.39 is 10.0 Å². The zero-order valence-electron chi connectivity index (χ0n) is 10.6. The zero-order chi connectivity index (χ0) is 13.6. The minimum atomic E-state index is -3.18. The molecule has 1 atom stereocenters. The maximum atomic E-state index is 11.7. The number of nitrogens with one attached hydrogen (secondary N) is 1. The number of hydrogen-bond acceptors (Lipinski definition) is 4. The number of rotatable bonds is 1. The fourth-order valence-corrected chi connectivity index (χ4v) is 3.76. The highest BCUT2D eigenvalue weighted by Crippen LogP contribution is 2.44. The molecule has 18 heavy (non-hydrogen) atoms. The molecule has 2 saturated heterocycles. The van der Waals surface area contributed by atoms with Gasteiger partial charge in [-0.2, -0.15) is 0 Å². The van der Waals surface area contributed by atoms with Gasteiger partial charge in [0.25, 0.3) is 0 Å². The molecule has 2 heterocycles. The van der Waals surface area contributed by atoms with Crippen LogP contribution in [0.25, 0.3) is 0 Å². The topological polar surface area (TPSA) is 83.6 Å². The van der Waals surface area contributed by atoms with Crippen molar-refractivity contribution in [2.45, 2.75) is 26.2 Å².